The molecule has 4 heteroatoms. The van der Waals surface area contributed by atoms with E-state index in [0.29, 0.717) is 6.54 Å². The van der Waals surface area contributed by atoms with E-state index in [9.17, 15) is 4.79 Å². The zero-order chi connectivity index (χ0) is 21.6. The zero-order valence-electron chi connectivity index (χ0n) is 18.4. The summed E-state index contributed by atoms with van der Waals surface area (Å²) in [5.74, 6) is 2.74. The normalized spacial score (nSPS) is 15.8. The highest BCUT2D eigenvalue weighted by atomic mass is 16.2. The second kappa shape index (κ2) is 9.80. The van der Waals surface area contributed by atoms with Crippen molar-refractivity contribution in [2.75, 3.05) is 11.4 Å². The number of benzene rings is 1. The van der Waals surface area contributed by atoms with Crippen molar-refractivity contribution in [1.82, 2.24) is 10.3 Å². The van der Waals surface area contributed by atoms with E-state index >= 15 is 0 Å². The van der Waals surface area contributed by atoms with Gasteiger partial charge in [-0.2, -0.15) is 0 Å². The van der Waals surface area contributed by atoms with E-state index in [4.69, 9.17) is 6.42 Å². The molecular weight excluding hydrogens is 370 g/mol. The second-order valence-corrected chi connectivity index (χ2v) is 9.16. The molecule has 158 valence electrons. The molecule has 1 fully saturated rings. The van der Waals surface area contributed by atoms with E-state index in [0.717, 1.165) is 24.1 Å². The highest BCUT2D eigenvalue weighted by Crippen LogP contribution is 2.30. The van der Waals surface area contributed by atoms with Crippen LogP contribution in [0.2, 0.25) is 0 Å². The van der Waals surface area contributed by atoms with Crippen LogP contribution in [0.3, 0.4) is 0 Å². The van der Waals surface area contributed by atoms with E-state index in [1.807, 2.05) is 17.0 Å². The summed E-state index contributed by atoms with van der Waals surface area (Å²) in [5, 5.41) is 3.28. The van der Waals surface area contributed by atoms with Crippen LogP contribution in [0.25, 0.3) is 0 Å². The molecule has 1 unspecified atom stereocenters. The summed E-state index contributed by atoms with van der Waals surface area (Å²) in [6.45, 7) is 6.92. The van der Waals surface area contributed by atoms with Crippen molar-refractivity contribution in [3.63, 3.8) is 0 Å². The maximum absolute atomic E-state index is 13.5. The molecule has 2 aromatic rings. The van der Waals surface area contributed by atoms with Crippen LogP contribution >= 0.6 is 0 Å². The van der Waals surface area contributed by atoms with E-state index in [2.05, 4.69) is 61.3 Å². The Morgan fingerprint density at radius 3 is 2.47 bits per heavy atom. The summed E-state index contributed by atoms with van der Waals surface area (Å²) in [5.41, 5.74) is 3.10. The fraction of sp³-hybridized carbons (Fsp3) is 0.462. The number of aromatic nitrogens is 1. The lowest BCUT2D eigenvalue weighted by Gasteiger charge is -2.34. The van der Waals surface area contributed by atoms with Gasteiger partial charge in [-0.15, -0.1) is 6.42 Å². The molecule has 1 saturated carbocycles. The van der Waals surface area contributed by atoms with Gasteiger partial charge in [-0.3, -0.25) is 9.78 Å². The van der Waals surface area contributed by atoms with Gasteiger partial charge >= 0.3 is 0 Å². The van der Waals surface area contributed by atoms with Crippen LogP contribution in [-0.4, -0.2) is 23.5 Å². The van der Waals surface area contributed by atoms with E-state index in [-0.39, 0.29) is 17.4 Å². The quantitative estimate of drug-likeness (QED) is 0.690. The summed E-state index contributed by atoms with van der Waals surface area (Å²) in [6, 6.07) is 11.9. The Bertz CT molecular complexity index is 856. The molecule has 3 rings (SSSR count). The Morgan fingerprint density at radius 1 is 1.20 bits per heavy atom. The molecule has 1 amide bonds. The molecule has 0 aliphatic heterocycles. The number of carbonyl (C=O) groups excluding carboxylic acids is 1. The number of carbonyl (C=O) groups is 1. The average Bonchev–Trinajstić information content (AvgIpc) is 2.74. The second-order valence-electron chi connectivity index (χ2n) is 9.16. The predicted octanol–water partition coefficient (Wildman–Crippen LogP) is 5.01. The number of nitrogens with zero attached hydrogens (tertiary/aromatic N) is 2. The monoisotopic (exact) mass is 403 g/mol. The van der Waals surface area contributed by atoms with Crippen LogP contribution in [0, 0.1) is 12.3 Å². The Balaban J connectivity index is 1.94. The molecule has 0 spiro atoms. The molecule has 4 nitrogen and oxygen atoms in total. The van der Waals surface area contributed by atoms with Crippen molar-refractivity contribution in [3.8, 4) is 12.3 Å². The van der Waals surface area contributed by atoms with Crippen molar-refractivity contribution in [2.45, 2.75) is 70.4 Å². The summed E-state index contributed by atoms with van der Waals surface area (Å²) < 4.78 is 0. The number of anilines is 1. The highest BCUT2D eigenvalue weighted by Gasteiger charge is 2.30. The first kappa shape index (κ1) is 21.9. The predicted molar refractivity (Wildman–Crippen MR) is 123 cm³/mol. The Morgan fingerprint density at radius 2 is 1.90 bits per heavy atom. The molecule has 1 aliphatic rings. The van der Waals surface area contributed by atoms with Crippen LogP contribution < -0.4 is 10.2 Å². The SMILES string of the molecule is C#CCN(c1ccc(C(C)(C)C)cc1)C(C(=O)NC1CCCCC1)c1cccnc1. The molecule has 1 heterocycles. The van der Waals surface area contributed by atoms with Gasteiger partial charge in [0.15, 0.2) is 0 Å². The molecule has 1 atom stereocenters. The Hall–Kier alpha value is -2.80. The van der Waals surface area contributed by atoms with Gasteiger partial charge in [-0.1, -0.05) is 64.2 Å². The lowest BCUT2D eigenvalue weighted by molar-refractivity contribution is -0.123. The molecule has 30 heavy (non-hydrogen) atoms. The van der Waals surface area contributed by atoms with E-state index < -0.39 is 6.04 Å². The minimum atomic E-state index is -0.517. The van der Waals surface area contributed by atoms with Crippen LogP contribution in [0.4, 0.5) is 5.69 Å². The zero-order valence-corrected chi connectivity index (χ0v) is 18.4. The van der Waals surface area contributed by atoms with Gasteiger partial charge in [0.2, 0.25) is 5.91 Å². The number of pyridine rings is 1. The molecule has 0 radical (unpaired) electrons. The third-order valence-corrected chi connectivity index (χ3v) is 5.84. The molecule has 0 saturated heterocycles. The minimum Gasteiger partial charge on any atom is -0.351 e. The minimum absolute atomic E-state index is 0.00921. The summed E-state index contributed by atoms with van der Waals surface area (Å²) in [4.78, 5) is 19.7. The van der Waals surface area contributed by atoms with Crippen LogP contribution in [-0.2, 0) is 10.2 Å². The average molecular weight is 404 g/mol. The lowest BCUT2D eigenvalue weighted by atomic mass is 9.87. The molecule has 0 bridgehead atoms. The Kier molecular flexibility index (Phi) is 7.15. The number of amides is 1. The maximum Gasteiger partial charge on any atom is 0.247 e. The molecule has 1 aromatic carbocycles. The van der Waals surface area contributed by atoms with Gasteiger partial charge in [-0.25, -0.2) is 0 Å². The summed E-state index contributed by atoms with van der Waals surface area (Å²) >= 11 is 0. The van der Waals surface area contributed by atoms with E-state index in [1.54, 1.807) is 12.4 Å². The lowest BCUT2D eigenvalue weighted by Crippen LogP contribution is -2.45. The first-order valence-electron chi connectivity index (χ1n) is 10.9. The van der Waals surface area contributed by atoms with Gasteiger partial charge < -0.3 is 10.2 Å². The van der Waals surface area contributed by atoms with Crippen LogP contribution in [0.15, 0.2) is 48.8 Å². The number of nitrogens with one attached hydrogen (secondary N) is 1. The standard InChI is InChI=1S/C26H33N3O/c1-5-18-29(23-15-13-21(14-16-23)26(2,3)4)24(20-10-9-17-27-19-20)25(30)28-22-11-7-6-8-12-22/h1,9-10,13-17,19,22,24H,6-8,11-12,18H2,2-4H3,(H,28,30). The largest absolute Gasteiger partial charge is 0.351 e. The fourth-order valence-corrected chi connectivity index (χ4v) is 4.12. The first-order chi connectivity index (χ1) is 14.4. The highest BCUT2D eigenvalue weighted by molar-refractivity contribution is 5.87. The van der Waals surface area contributed by atoms with Gasteiger partial charge in [-0.05, 0) is 42.0 Å². The van der Waals surface area contributed by atoms with Crippen molar-refractivity contribution < 1.29 is 4.79 Å². The van der Waals surface area contributed by atoms with Crippen molar-refractivity contribution in [3.05, 3.63) is 59.9 Å². The summed E-state index contributed by atoms with van der Waals surface area (Å²) in [6.07, 6.45) is 14.9. The smallest absolute Gasteiger partial charge is 0.247 e. The molecule has 1 aliphatic carbocycles. The first-order valence-corrected chi connectivity index (χ1v) is 10.9. The molecule has 1 aromatic heterocycles. The van der Waals surface area contributed by atoms with Crippen molar-refractivity contribution in [1.29, 1.82) is 0 Å². The number of hydrogen-bond donors (Lipinski definition) is 1. The number of hydrogen-bond acceptors (Lipinski definition) is 3. The number of rotatable bonds is 6. The van der Waals surface area contributed by atoms with Crippen LogP contribution in [0.1, 0.15) is 70.0 Å². The topological polar surface area (TPSA) is 45.2 Å². The Labute approximate surface area is 181 Å². The molecule has 1 N–H and O–H groups in total. The van der Waals surface area contributed by atoms with E-state index in [1.165, 1.54) is 24.8 Å². The fourth-order valence-electron chi connectivity index (χ4n) is 4.12. The van der Waals surface area contributed by atoms with Gasteiger partial charge in [0.1, 0.15) is 6.04 Å². The van der Waals surface area contributed by atoms with Crippen LogP contribution in [0.5, 0.6) is 0 Å². The van der Waals surface area contributed by atoms with Crippen molar-refractivity contribution in [2.24, 2.45) is 0 Å². The van der Waals surface area contributed by atoms with Crippen molar-refractivity contribution >= 4 is 11.6 Å². The number of terminal acetylenes is 1. The van der Waals surface area contributed by atoms with Gasteiger partial charge in [0.05, 0.1) is 6.54 Å². The third-order valence-electron chi connectivity index (χ3n) is 5.84. The van der Waals surface area contributed by atoms with Gasteiger partial charge in [0.25, 0.3) is 0 Å². The van der Waals surface area contributed by atoms with Gasteiger partial charge in [0, 0.05) is 29.7 Å². The summed E-state index contributed by atoms with van der Waals surface area (Å²) in [7, 11) is 0. The maximum atomic E-state index is 13.5. The third kappa shape index (κ3) is 5.42. The molecular formula is C26H33N3O.